The van der Waals surface area contributed by atoms with E-state index < -0.39 is 0 Å². The van der Waals surface area contributed by atoms with Crippen LogP contribution in [0.15, 0.2) is 97.1 Å². The number of anilines is 1. The van der Waals surface area contributed by atoms with Crippen LogP contribution in [0, 0.1) is 5.92 Å². The van der Waals surface area contributed by atoms with Gasteiger partial charge in [0.2, 0.25) is 0 Å². The van der Waals surface area contributed by atoms with Gasteiger partial charge < -0.3 is 26.2 Å². The largest absolute Gasteiger partial charge is 1.00 e. The number of carbonyl (C=O) groups is 1. The molecule has 0 N–H and O–H groups in total. The van der Waals surface area contributed by atoms with Gasteiger partial charge in [0.15, 0.2) is 6.10 Å². The zero-order valence-electron chi connectivity index (χ0n) is 20.0. The van der Waals surface area contributed by atoms with Crippen molar-refractivity contribution in [1.29, 1.82) is 0 Å². The molecule has 1 atom stereocenters. The van der Waals surface area contributed by atoms with Gasteiger partial charge in [-0.05, 0) is 29.3 Å². The average Bonchev–Trinajstić information content (AvgIpc) is 2.89. The van der Waals surface area contributed by atoms with E-state index in [-0.39, 0.29) is 29.2 Å². The Morgan fingerprint density at radius 3 is 2.14 bits per heavy atom. The van der Waals surface area contributed by atoms with Gasteiger partial charge in [0, 0.05) is 24.4 Å². The molecule has 3 aliphatic rings. The number of fused-ring (bicyclic) bond motifs is 3. The molecule has 2 bridgehead atoms. The number of hydrogen-bond acceptors (Lipinski definition) is 2. The molecule has 182 valence electrons. The standard InChI is InChI=1S/C30H33N2O2.BrH/c33-30(31(28-16-8-3-9-17-28)23-26-13-6-2-7-14-26)34-29-24-32(21-18-27(29)19-22-32)20-10-15-25-11-4-1-5-12-25;/h1-17,27,29H,18-24H2;1H/q+1;/p-1/b15-10+;/t27?,29-,32?;/m0./s1. The third kappa shape index (κ3) is 6.22. The Labute approximate surface area is 219 Å². The number of rotatable bonds is 7. The van der Waals surface area contributed by atoms with Crippen LogP contribution in [0.2, 0.25) is 0 Å². The van der Waals surface area contributed by atoms with Crippen LogP contribution >= 0.6 is 0 Å². The molecule has 4 nitrogen and oxygen atoms in total. The summed E-state index contributed by atoms with van der Waals surface area (Å²) >= 11 is 0. The summed E-state index contributed by atoms with van der Waals surface area (Å²) in [7, 11) is 0. The van der Waals surface area contributed by atoms with Gasteiger partial charge in [-0.3, -0.25) is 4.90 Å². The number of halogens is 1. The molecule has 0 saturated carbocycles. The van der Waals surface area contributed by atoms with Gasteiger partial charge in [-0.15, -0.1) is 0 Å². The van der Waals surface area contributed by atoms with Crippen LogP contribution in [0.25, 0.3) is 6.08 Å². The maximum absolute atomic E-state index is 13.5. The van der Waals surface area contributed by atoms with E-state index in [1.807, 2.05) is 54.6 Å². The van der Waals surface area contributed by atoms with Crippen LogP contribution in [0.3, 0.4) is 0 Å². The predicted octanol–water partition coefficient (Wildman–Crippen LogP) is 3.16. The molecule has 1 amide bonds. The summed E-state index contributed by atoms with van der Waals surface area (Å²) in [5, 5.41) is 0. The van der Waals surface area contributed by atoms with Crippen molar-refractivity contribution in [3.8, 4) is 0 Å². The summed E-state index contributed by atoms with van der Waals surface area (Å²) in [6, 6.07) is 30.4. The van der Waals surface area contributed by atoms with Gasteiger partial charge in [-0.25, -0.2) is 4.79 Å². The Bertz CT molecular complexity index is 1100. The number of hydrogen-bond donors (Lipinski definition) is 0. The summed E-state index contributed by atoms with van der Waals surface area (Å²) in [6.45, 7) is 4.74. The number of quaternary nitrogens is 1. The van der Waals surface area contributed by atoms with E-state index in [9.17, 15) is 4.79 Å². The van der Waals surface area contributed by atoms with Crippen LogP contribution in [0.1, 0.15) is 24.0 Å². The zero-order chi connectivity index (χ0) is 23.2. The van der Waals surface area contributed by atoms with Gasteiger partial charge in [0.1, 0.15) is 6.54 Å². The quantitative estimate of drug-likeness (QED) is 0.437. The molecule has 0 aromatic heterocycles. The Balaban J connectivity index is 0.00000289. The van der Waals surface area contributed by atoms with Crippen LogP contribution in [-0.2, 0) is 11.3 Å². The molecule has 3 heterocycles. The van der Waals surface area contributed by atoms with Crippen molar-refractivity contribution < 1.29 is 31.0 Å². The highest BCUT2D eigenvalue weighted by molar-refractivity contribution is 5.87. The van der Waals surface area contributed by atoms with Crippen molar-refractivity contribution in [1.82, 2.24) is 0 Å². The third-order valence-corrected chi connectivity index (χ3v) is 7.37. The van der Waals surface area contributed by atoms with E-state index in [0.29, 0.717) is 12.5 Å². The highest BCUT2D eigenvalue weighted by Gasteiger charge is 2.47. The SMILES string of the molecule is O=C(O[C@H]1C[N+]2(C/C=C/c3ccccc3)CCC1CC2)N(Cc1ccccc1)c1ccccc1.[Br-]. The average molecular weight is 534 g/mol. The Kier molecular flexibility index (Phi) is 8.42. The van der Waals surface area contributed by atoms with Crippen LogP contribution in [-0.4, -0.2) is 42.9 Å². The first kappa shape index (κ1) is 25.2. The van der Waals surface area contributed by atoms with E-state index in [1.165, 1.54) is 18.7 Å². The molecule has 0 spiro atoms. The molecule has 3 aliphatic heterocycles. The van der Waals surface area contributed by atoms with Crippen molar-refractivity contribution >= 4 is 17.9 Å². The van der Waals surface area contributed by atoms with E-state index in [0.717, 1.165) is 41.7 Å². The molecule has 5 heteroatoms. The first-order valence-electron chi connectivity index (χ1n) is 12.3. The number of ether oxygens (including phenoxy) is 1. The molecule has 0 unspecified atom stereocenters. The maximum atomic E-state index is 13.5. The topological polar surface area (TPSA) is 29.5 Å². The molecule has 3 saturated heterocycles. The van der Waals surface area contributed by atoms with Crippen LogP contribution in [0.4, 0.5) is 10.5 Å². The number of para-hydroxylation sites is 1. The fraction of sp³-hybridized carbons (Fsp3) is 0.300. The molecule has 6 rings (SSSR count). The molecule has 0 radical (unpaired) electrons. The normalized spacial score (nSPS) is 23.0. The minimum atomic E-state index is -0.244. The lowest BCUT2D eigenvalue weighted by atomic mass is 9.83. The first-order valence-corrected chi connectivity index (χ1v) is 12.3. The minimum absolute atomic E-state index is 0. The first-order chi connectivity index (χ1) is 16.7. The molecular formula is C30H33BrN2O2. The van der Waals surface area contributed by atoms with E-state index in [4.69, 9.17) is 4.74 Å². The van der Waals surface area contributed by atoms with E-state index in [1.54, 1.807) is 4.90 Å². The van der Waals surface area contributed by atoms with Crippen molar-refractivity contribution in [3.05, 3.63) is 108 Å². The second-order valence-electron chi connectivity index (χ2n) is 9.63. The molecule has 35 heavy (non-hydrogen) atoms. The van der Waals surface area contributed by atoms with E-state index in [2.05, 4.69) is 48.6 Å². The summed E-state index contributed by atoms with van der Waals surface area (Å²) in [5.74, 6) is 0.469. The summed E-state index contributed by atoms with van der Waals surface area (Å²) in [5.41, 5.74) is 3.19. The van der Waals surface area contributed by atoms with Crippen LogP contribution < -0.4 is 21.9 Å². The highest BCUT2D eigenvalue weighted by atomic mass is 79.9. The fourth-order valence-corrected chi connectivity index (χ4v) is 5.42. The lowest BCUT2D eigenvalue weighted by molar-refractivity contribution is -0.941. The number of amides is 1. The predicted molar refractivity (Wildman–Crippen MR) is 137 cm³/mol. The lowest BCUT2D eigenvalue weighted by Gasteiger charge is -2.51. The fourth-order valence-electron chi connectivity index (χ4n) is 5.42. The van der Waals surface area contributed by atoms with Crippen molar-refractivity contribution in [2.24, 2.45) is 5.92 Å². The number of benzene rings is 3. The molecule has 3 aromatic rings. The van der Waals surface area contributed by atoms with Crippen molar-refractivity contribution in [2.45, 2.75) is 25.5 Å². The summed E-state index contributed by atoms with van der Waals surface area (Å²) < 4.78 is 7.27. The monoisotopic (exact) mass is 532 g/mol. The molecule has 3 aromatic carbocycles. The molecule has 3 fully saturated rings. The third-order valence-electron chi connectivity index (χ3n) is 7.37. The Morgan fingerprint density at radius 2 is 1.49 bits per heavy atom. The van der Waals surface area contributed by atoms with Gasteiger partial charge in [-0.1, -0.05) is 84.9 Å². The maximum Gasteiger partial charge on any atom is 0.415 e. The second-order valence-corrected chi connectivity index (χ2v) is 9.63. The Morgan fingerprint density at radius 1 is 0.886 bits per heavy atom. The summed E-state index contributed by atoms with van der Waals surface area (Å²) in [6.07, 6.45) is 6.49. The second kappa shape index (κ2) is 11.7. The van der Waals surface area contributed by atoms with Crippen molar-refractivity contribution in [2.75, 3.05) is 31.1 Å². The minimum Gasteiger partial charge on any atom is -1.00 e. The van der Waals surface area contributed by atoms with Gasteiger partial charge >= 0.3 is 6.09 Å². The van der Waals surface area contributed by atoms with Crippen molar-refractivity contribution in [3.63, 3.8) is 0 Å². The summed E-state index contributed by atoms with van der Waals surface area (Å²) in [4.78, 5) is 15.2. The Hall–Kier alpha value is -2.89. The van der Waals surface area contributed by atoms with Gasteiger partial charge in [0.05, 0.1) is 26.2 Å². The molecule has 0 aliphatic carbocycles. The van der Waals surface area contributed by atoms with Crippen LogP contribution in [0.5, 0.6) is 0 Å². The highest BCUT2D eigenvalue weighted by Crippen LogP contribution is 2.36. The molecular weight excluding hydrogens is 500 g/mol. The van der Waals surface area contributed by atoms with Gasteiger partial charge in [-0.2, -0.15) is 0 Å². The lowest BCUT2D eigenvalue weighted by Crippen LogP contribution is -3.00. The number of carbonyl (C=O) groups excluding carboxylic acids is 1. The smallest absolute Gasteiger partial charge is 0.415 e. The van der Waals surface area contributed by atoms with Gasteiger partial charge in [0.25, 0.3) is 0 Å². The zero-order valence-corrected chi connectivity index (χ0v) is 21.6. The van der Waals surface area contributed by atoms with E-state index >= 15 is 0 Å². The number of nitrogens with zero attached hydrogens (tertiary/aromatic N) is 2. The number of piperidine rings is 3.